The van der Waals surface area contributed by atoms with Gasteiger partial charge in [0.2, 0.25) is 5.91 Å². The molecule has 0 radical (unpaired) electrons. The van der Waals surface area contributed by atoms with Crippen molar-refractivity contribution < 1.29 is 24.2 Å². The highest BCUT2D eigenvalue weighted by atomic mass is 16.5. The fraction of sp³-hybridized carbons (Fsp3) is 0.464. The molecular formula is C28H32N2O5. The van der Waals surface area contributed by atoms with E-state index in [9.17, 15) is 19.5 Å². The van der Waals surface area contributed by atoms with Crippen molar-refractivity contribution in [2.24, 2.45) is 11.8 Å². The van der Waals surface area contributed by atoms with Crippen LogP contribution >= 0.6 is 0 Å². The molecule has 0 bridgehead atoms. The summed E-state index contributed by atoms with van der Waals surface area (Å²) in [5.41, 5.74) is 4.60. The molecule has 0 saturated heterocycles. The summed E-state index contributed by atoms with van der Waals surface area (Å²) in [5, 5.41) is 15.1. The van der Waals surface area contributed by atoms with Crippen molar-refractivity contribution in [1.82, 2.24) is 10.6 Å². The van der Waals surface area contributed by atoms with Crippen LogP contribution in [-0.4, -0.2) is 41.8 Å². The lowest BCUT2D eigenvalue weighted by atomic mass is 9.85. The Bertz CT molecular complexity index is 1070. The number of aliphatic carboxylic acids is 1. The normalized spacial score (nSPS) is 21.9. The van der Waals surface area contributed by atoms with Gasteiger partial charge in [0.15, 0.2) is 0 Å². The van der Waals surface area contributed by atoms with Gasteiger partial charge < -0.3 is 20.5 Å². The molecule has 1 unspecified atom stereocenters. The molecule has 0 aliphatic heterocycles. The van der Waals surface area contributed by atoms with Gasteiger partial charge in [0.25, 0.3) is 0 Å². The number of benzene rings is 2. The van der Waals surface area contributed by atoms with Gasteiger partial charge in [-0.2, -0.15) is 0 Å². The lowest BCUT2D eigenvalue weighted by molar-refractivity contribution is -0.143. The molecule has 7 heteroatoms. The average molecular weight is 477 g/mol. The van der Waals surface area contributed by atoms with Crippen LogP contribution in [0.5, 0.6) is 0 Å². The quantitative estimate of drug-likeness (QED) is 0.522. The van der Waals surface area contributed by atoms with Gasteiger partial charge in [0.05, 0.1) is 5.92 Å². The van der Waals surface area contributed by atoms with Crippen LogP contribution in [0.2, 0.25) is 0 Å². The summed E-state index contributed by atoms with van der Waals surface area (Å²) in [4.78, 5) is 37.2. The number of carboxylic acids is 1. The molecule has 3 atom stereocenters. The van der Waals surface area contributed by atoms with Crippen molar-refractivity contribution in [1.29, 1.82) is 0 Å². The summed E-state index contributed by atoms with van der Waals surface area (Å²) in [6, 6.07) is 15.5. The van der Waals surface area contributed by atoms with Crippen LogP contribution in [0.25, 0.3) is 11.1 Å². The number of ether oxygens (including phenoxy) is 1. The molecular weight excluding hydrogens is 444 g/mol. The molecule has 3 aliphatic rings. The zero-order valence-electron chi connectivity index (χ0n) is 19.7. The van der Waals surface area contributed by atoms with E-state index in [-0.39, 0.29) is 24.5 Å². The third-order valence-corrected chi connectivity index (χ3v) is 7.59. The number of hydrogen-bond donors (Lipinski definition) is 3. The zero-order valence-corrected chi connectivity index (χ0v) is 19.7. The van der Waals surface area contributed by atoms with Gasteiger partial charge in [0.1, 0.15) is 12.6 Å². The van der Waals surface area contributed by atoms with Gasteiger partial charge in [0, 0.05) is 12.0 Å². The molecule has 2 fully saturated rings. The van der Waals surface area contributed by atoms with E-state index in [1.54, 1.807) is 0 Å². The maximum absolute atomic E-state index is 13.0. The average Bonchev–Trinajstić information content (AvgIpc) is 3.63. The minimum Gasteiger partial charge on any atom is -0.481 e. The molecule has 5 rings (SSSR count). The van der Waals surface area contributed by atoms with E-state index in [0.29, 0.717) is 25.2 Å². The Balaban J connectivity index is 1.20. The van der Waals surface area contributed by atoms with Crippen molar-refractivity contribution in [3.05, 3.63) is 59.7 Å². The molecule has 0 spiro atoms. The van der Waals surface area contributed by atoms with Crippen molar-refractivity contribution in [3.63, 3.8) is 0 Å². The lowest BCUT2D eigenvalue weighted by Crippen LogP contribution is -2.51. The minimum atomic E-state index is -0.810. The molecule has 0 aromatic heterocycles. The standard InChI is InChI=1S/C28H32N2O5/c31-26(29-19-7-5-6-18(15-19)27(32)33)25(14-17-12-13-17)30-28(34)35-16-24-22-10-3-1-8-20(22)21-9-2-4-11-23(21)24/h1-4,8-11,17-19,24-25H,5-7,12-16H2,(H,29,31)(H,30,34)(H,32,33)/t18-,19+,25?/m0/s1. The lowest BCUT2D eigenvalue weighted by Gasteiger charge is -2.29. The van der Waals surface area contributed by atoms with Gasteiger partial charge in [-0.15, -0.1) is 0 Å². The maximum Gasteiger partial charge on any atom is 0.407 e. The number of carboxylic acid groups (broad SMARTS) is 1. The summed E-state index contributed by atoms with van der Waals surface area (Å²) in [7, 11) is 0. The maximum atomic E-state index is 13.0. The predicted octanol–water partition coefficient (Wildman–Crippen LogP) is 4.45. The van der Waals surface area contributed by atoms with Crippen LogP contribution in [-0.2, 0) is 14.3 Å². The van der Waals surface area contributed by atoms with E-state index in [1.807, 2.05) is 24.3 Å². The molecule has 3 N–H and O–H groups in total. The Morgan fingerprint density at radius 1 is 0.943 bits per heavy atom. The molecule has 7 nitrogen and oxygen atoms in total. The first-order valence-corrected chi connectivity index (χ1v) is 12.6. The molecule has 0 heterocycles. The second-order valence-electron chi connectivity index (χ2n) is 10.1. The summed E-state index contributed by atoms with van der Waals surface area (Å²) in [5.74, 6) is -1.10. The number of hydrogen-bond acceptors (Lipinski definition) is 4. The monoisotopic (exact) mass is 476 g/mol. The molecule has 35 heavy (non-hydrogen) atoms. The topological polar surface area (TPSA) is 105 Å². The van der Waals surface area contributed by atoms with Gasteiger partial charge in [-0.3, -0.25) is 9.59 Å². The van der Waals surface area contributed by atoms with E-state index < -0.39 is 24.0 Å². The Morgan fingerprint density at radius 3 is 2.23 bits per heavy atom. The molecule has 184 valence electrons. The Kier molecular flexibility index (Phi) is 6.75. The first-order valence-electron chi connectivity index (χ1n) is 12.6. The molecule has 2 saturated carbocycles. The van der Waals surface area contributed by atoms with Gasteiger partial charge in [-0.1, -0.05) is 67.8 Å². The number of carbonyl (C=O) groups excluding carboxylic acids is 2. The summed E-state index contributed by atoms with van der Waals surface area (Å²) >= 11 is 0. The van der Waals surface area contributed by atoms with Crippen LogP contribution < -0.4 is 10.6 Å². The van der Waals surface area contributed by atoms with Crippen molar-refractivity contribution in [3.8, 4) is 11.1 Å². The van der Waals surface area contributed by atoms with Crippen molar-refractivity contribution in [2.45, 2.75) is 62.9 Å². The van der Waals surface area contributed by atoms with Gasteiger partial charge in [-0.25, -0.2) is 4.79 Å². The first-order chi connectivity index (χ1) is 17.0. The molecule has 3 aliphatic carbocycles. The third kappa shape index (κ3) is 5.34. The van der Waals surface area contributed by atoms with Crippen LogP contribution in [0.4, 0.5) is 4.79 Å². The summed E-state index contributed by atoms with van der Waals surface area (Å²) in [6.45, 7) is 0.195. The van der Waals surface area contributed by atoms with Gasteiger partial charge in [-0.05, 0) is 53.9 Å². The Labute approximate surface area is 205 Å². The van der Waals surface area contributed by atoms with E-state index in [0.717, 1.165) is 47.9 Å². The zero-order chi connectivity index (χ0) is 24.4. The van der Waals surface area contributed by atoms with Crippen molar-refractivity contribution >= 4 is 18.0 Å². The fourth-order valence-electron chi connectivity index (χ4n) is 5.55. The van der Waals surface area contributed by atoms with E-state index in [2.05, 4.69) is 34.9 Å². The van der Waals surface area contributed by atoms with Crippen LogP contribution in [0.1, 0.15) is 62.0 Å². The Hall–Kier alpha value is -3.35. The third-order valence-electron chi connectivity index (χ3n) is 7.59. The van der Waals surface area contributed by atoms with Crippen LogP contribution in [0, 0.1) is 11.8 Å². The number of amides is 2. The van der Waals surface area contributed by atoms with E-state index >= 15 is 0 Å². The second-order valence-corrected chi connectivity index (χ2v) is 10.1. The number of carbonyl (C=O) groups is 3. The highest BCUT2D eigenvalue weighted by molar-refractivity contribution is 5.86. The molecule has 2 aromatic carbocycles. The second kappa shape index (κ2) is 10.1. The van der Waals surface area contributed by atoms with Crippen LogP contribution in [0.3, 0.4) is 0 Å². The van der Waals surface area contributed by atoms with E-state index in [4.69, 9.17) is 4.74 Å². The van der Waals surface area contributed by atoms with Gasteiger partial charge >= 0.3 is 12.1 Å². The minimum absolute atomic E-state index is 0.0425. The fourth-order valence-corrected chi connectivity index (χ4v) is 5.55. The first kappa shape index (κ1) is 23.4. The number of rotatable bonds is 8. The summed E-state index contributed by atoms with van der Waals surface area (Å²) < 4.78 is 5.65. The molecule has 2 aromatic rings. The van der Waals surface area contributed by atoms with Crippen LogP contribution in [0.15, 0.2) is 48.5 Å². The summed E-state index contributed by atoms with van der Waals surface area (Å²) in [6.07, 6.45) is 4.70. The smallest absolute Gasteiger partial charge is 0.407 e. The SMILES string of the molecule is O=C(NC(CC1CC1)C(=O)N[C@@H]1CCC[C@H](C(=O)O)C1)OCC1c2ccccc2-c2ccccc21. The highest BCUT2D eigenvalue weighted by Crippen LogP contribution is 2.44. The number of nitrogens with one attached hydrogen (secondary N) is 2. The largest absolute Gasteiger partial charge is 0.481 e. The number of fused-ring (bicyclic) bond motifs is 3. The Morgan fingerprint density at radius 2 is 1.60 bits per heavy atom. The highest BCUT2D eigenvalue weighted by Gasteiger charge is 2.34. The number of alkyl carbamates (subject to hydrolysis) is 1. The molecule has 2 amide bonds. The predicted molar refractivity (Wildman–Crippen MR) is 131 cm³/mol. The van der Waals surface area contributed by atoms with Crippen molar-refractivity contribution in [2.75, 3.05) is 6.61 Å². The van der Waals surface area contributed by atoms with E-state index in [1.165, 1.54) is 0 Å².